The van der Waals surface area contributed by atoms with Gasteiger partial charge in [-0.1, -0.05) is 13.8 Å². The molecule has 0 aliphatic carbocycles. The van der Waals surface area contributed by atoms with Crippen molar-refractivity contribution in [3.63, 3.8) is 0 Å². The third-order valence-corrected chi connectivity index (χ3v) is 6.43. The van der Waals surface area contributed by atoms with Crippen molar-refractivity contribution in [2.75, 3.05) is 0 Å². The fourth-order valence-electron chi connectivity index (χ4n) is 4.73. The molecule has 2 heterocycles. The second-order valence-corrected chi connectivity index (χ2v) is 8.97. The summed E-state index contributed by atoms with van der Waals surface area (Å²) in [5.41, 5.74) is 6.39. The van der Waals surface area contributed by atoms with Gasteiger partial charge in [0.05, 0.1) is 0 Å². The third kappa shape index (κ3) is 4.63. The lowest BCUT2D eigenvalue weighted by Crippen LogP contribution is -2.55. The molecule has 0 unspecified atom stereocenters. The minimum atomic E-state index is -1.21. The Hall–Kier alpha value is -2.09. The molecule has 1 aromatic rings. The summed E-state index contributed by atoms with van der Waals surface area (Å²) in [5.74, 6) is -3.49. The summed E-state index contributed by atoms with van der Waals surface area (Å²) >= 11 is 0. The zero-order valence-electron chi connectivity index (χ0n) is 17.6. The number of carbonyl (C=O) groups excluding carboxylic acids is 2. The Morgan fingerprint density at radius 2 is 1.63 bits per heavy atom. The molecular weight excluding hydrogens is 395 g/mol. The third-order valence-electron chi connectivity index (χ3n) is 6.43. The molecule has 0 aromatic heterocycles. The number of amides is 2. The molecule has 2 fully saturated rings. The summed E-state index contributed by atoms with van der Waals surface area (Å²) in [6, 6.07) is 0.472. The SMILES string of the molecule is CC(C)C(=O)N[C@H](C)C(=O)N1[C@@H]2CC[C@H]1C[C@H]([C@H](N)Cc1cc(F)c(F)cc1F)C2. The Balaban J connectivity index is 1.63. The van der Waals surface area contributed by atoms with Crippen LogP contribution in [0.25, 0.3) is 0 Å². The van der Waals surface area contributed by atoms with Gasteiger partial charge in [0.1, 0.15) is 11.9 Å². The zero-order valence-corrected chi connectivity index (χ0v) is 17.6. The molecule has 3 N–H and O–H groups in total. The Morgan fingerprint density at radius 1 is 1.07 bits per heavy atom. The number of fused-ring (bicyclic) bond motifs is 2. The van der Waals surface area contributed by atoms with Gasteiger partial charge in [0.15, 0.2) is 11.6 Å². The maximum atomic E-state index is 14.0. The number of hydrogen-bond donors (Lipinski definition) is 2. The summed E-state index contributed by atoms with van der Waals surface area (Å²) in [6.45, 7) is 5.25. The minimum absolute atomic E-state index is 0.0282. The number of benzene rings is 1. The average Bonchev–Trinajstić information content (AvgIpc) is 2.94. The molecule has 5 nitrogen and oxygen atoms in total. The molecule has 2 bridgehead atoms. The number of hydrogen-bond acceptors (Lipinski definition) is 3. The lowest BCUT2D eigenvalue weighted by Gasteiger charge is -2.42. The number of piperidine rings is 1. The summed E-state index contributed by atoms with van der Waals surface area (Å²) in [4.78, 5) is 26.8. The maximum Gasteiger partial charge on any atom is 0.245 e. The van der Waals surface area contributed by atoms with Crippen molar-refractivity contribution in [2.45, 2.75) is 77.0 Å². The predicted molar refractivity (Wildman–Crippen MR) is 107 cm³/mol. The smallest absolute Gasteiger partial charge is 0.245 e. The summed E-state index contributed by atoms with van der Waals surface area (Å²) in [6.07, 6.45) is 3.20. The average molecular weight is 425 g/mol. The van der Waals surface area contributed by atoms with E-state index in [1.165, 1.54) is 0 Å². The predicted octanol–water partition coefficient (Wildman–Crippen LogP) is 2.90. The fraction of sp³-hybridized carbons (Fsp3) is 0.636. The molecule has 2 saturated heterocycles. The monoisotopic (exact) mass is 425 g/mol. The highest BCUT2D eigenvalue weighted by molar-refractivity contribution is 5.88. The number of rotatable bonds is 6. The summed E-state index contributed by atoms with van der Waals surface area (Å²) in [7, 11) is 0. The first kappa shape index (κ1) is 22.6. The molecule has 8 heteroatoms. The normalized spacial score (nSPS) is 25.3. The molecule has 2 aliphatic heterocycles. The van der Waals surface area contributed by atoms with Gasteiger partial charge in [-0.15, -0.1) is 0 Å². The van der Waals surface area contributed by atoms with Gasteiger partial charge >= 0.3 is 0 Å². The first-order valence-electron chi connectivity index (χ1n) is 10.6. The Morgan fingerprint density at radius 3 is 2.20 bits per heavy atom. The van der Waals surface area contributed by atoms with E-state index in [0.29, 0.717) is 18.9 Å². The first-order valence-corrected chi connectivity index (χ1v) is 10.6. The van der Waals surface area contributed by atoms with Gasteiger partial charge in [-0.3, -0.25) is 9.59 Å². The van der Waals surface area contributed by atoms with Crippen LogP contribution in [0, 0.1) is 29.3 Å². The van der Waals surface area contributed by atoms with Gasteiger partial charge in [0.2, 0.25) is 11.8 Å². The summed E-state index contributed by atoms with van der Waals surface area (Å²) in [5, 5.41) is 2.77. The molecule has 5 atom stereocenters. The highest BCUT2D eigenvalue weighted by Gasteiger charge is 2.45. The Kier molecular flexibility index (Phi) is 6.75. The first-order chi connectivity index (χ1) is 14.1. The maximum absolute atomic E-state index is 14.0. The number of nitrogens with zero attached hydrogens (tertiary/aromatic N) is 1. The van der Waals surface area contributed by atoms with Crippen LogP contribution in [0.5, 0.6) is 0 Å². The van der Waals surface area contributed by atoms with Crippen LogP contribution < -0.4 is 11.1 Å². The molecule has 3 rings (SSSR count). The van der Waals surface area contributed by atoms with Crippen LogP contribution in [0.1, 0.15) is 52.0 Å². The van der Waals surface area contributed by atoms with E-state index in [1.54, 1.807) is 20.8 Å². The van der Waals surface area contributed by atoms with Gasteiger partial charge in [0, 0.05) is 30.1 Å². The molecule has 0 saturated carbocycles. The van der Waals surface area contributed by atoms with Crippen molar-refractivity contribution in [3.8, 4) is 0 Å². The van der Waals surface area contributed by atoms with Gasteiger partial charge in [-0.05, 0) is 56.6 Å². The largest absolute Gasteiger partial charge is 0.344 e. The Labute approximate surface area is 175 Å². The second kappa shape index (κ2) is 8.96. The van der Waals surface area contributed by atoms with E-state index in [0.717, 1.165) is 18.9 Å². The van der Waals surface area contributed by atoms with E-state index in [1.807, 2.05) is 4.90 Å². The van der Waals surface area contributed by atoms with Gasteiger partial charge in [-0.2, -0.15) is 0 Å². The lowest BCUT2D eigenvalue weighted by molar-refractivity contribution is -0.141. The van der Waals surface area contributed by atoms with Crippen LogP contribution in [0.15, 0.2) is 12.1 Å². The van der Waals surface area contributed by atoms with Crippen LogP contribution in [-0.4, -0.2) is 40.9 Å². The molecular formula is C22H30F3N3O2. The van der Waals surface area contributed by atoms with Crippen molar-refractivity contribution in [1.29, 1.82) is 0 Å². The second-order valence-electron chi connectivity index (χ2n) is 8.97. The van der Waals surface area contributed by atoms with Crippen molar-refractivity contribution >= 4 is 11.8 Å². The van der Waals surface area contributed by atoms with E-state index < -0.39 is 29.5 Å². The standard InChI is InChI=1S/C22H30F3N3O2/c1-11(2)21(29)27-12(3)22(30)28-15-4-5-16(28)7-14(6-15)20(26)9-13-8-18(24)19(25)10-17(13)23/h8,10-12,14-16,20H,4-7,9,26H2,1-3H3,(H,27,29)/t12-,14-,15-,16+,20-/m1/s1. The topological polar surface area (TPSA) is 75.4 Å². The van der Waals surface area contributed by atoms with Crippen LogP contribution in [0.3, 0.4) is 0 Å². The lowest BCUT2D eigenvalue weighted by atomic mass is 9.82. The van der Waals surface area contributed by atoms with Crippen LogP contribution in [0.4, 0.5) is 13.2 Å². The molecule has 0 radical (unpaired) electrons. The highest BCUT2D eigenvalue weighted by atomic mass is 19.2. The molecule has 166 valence electrons. The number of carbonyl (C=O) groups is 2. The number of nitrogens with one attached hydrogen (secondary N) is 1. The molecule has 2 amide bonds. The van der Waals surface area contributed by atoms with Crippen molar-refractivity contribution in [1.82, 2.24) is 10.2 Å². The quantitative estimate of drug-likeness (QED) is 0.689. The van der Waals surface area contributed by atoms with Crippen LogP contribution in [-0.2, 0) is 16.0 Å². The Bertz CT molecular complexity index is 803. The van der Waals surface area contributed by atoms with Crippen molar-refractivity contribution in [2.24, 2.45) is 17.6 Å². The van der Waals surface area contributed by atoms with Gasteiger partial charge in [0.25, 0.3) is 0 Å². The van der Waals surface area contributed by atoms with E-state index in [2.05, 4.69) is 5.32 Å². The fourth-order valence-corrected chi connectivity index (χ4v) is 4.73. The highest BCUT2D eigenvalue weighted by Crippen LogP contribution is 2.40. The summed E-state index contributed by atoms with van der Waals surface area (Å²) < 4.78 is 40.6. The van der Waals surface area contributed by atoms with Crippen LogP contribution in [0.2, 0.25) is 0 Å². The van der Waals surface area contributed by atoms with E-state index >= 15 is 0 Å². The number of halogens is 3. The molecule has 0 spiro atoms. The molecule has 2 aliphatic rings. The van der Waals surface area contributed by atoms with E-state index in [9.17, 15) is 22.8 Å². The van der Waals surface area contributed by atoms with Crippen LogP contribution >= 0.6 is 0 Å². The molecule has 1 aromatic carbocycles. The zero-order chi connectivity index (χ0) is 22.2. The number of nitrogens with two attached hydrogens (primary N) is 1. The van der Waals surface area contributed by atoms with E-state index in [-0.39, 0.29) is 47.7 Å². The van der Waals surface area contributed by atoms with Crippen molar-refractivity contribution < 1.29 is 22.8 Å². The van der Waals surface area contributed by atoms with Crippen molar-refractivity contribution in [3.05, 3.63) is 35.1 Å². The molecule has 30 heavy (non-hydrogen) atoms. The minimum Gasteiger partial charge on any atom is -0.344 e. The van der Waals surface area contributed by atoms with Gasteiger partial charge < -0.3 is 16.0 Å². The van der Waals surface area contributed by atoms with Gasteiger partial charge in [-0.25, -0.2) is 13.2 Å². The van der Waals surface area contributed by atoms with E-state index in [4.69, 9.17) is 5.73 Å².